The van der Waals surface area contributed by atoms with Crippen LogP contribution in [0.1, 0.15) is 26.2 Å². The molecule has 1 saturated heterocycles. The SMILES string of the molecule is CCC1(C(=O)Nc2cc(F)ccc2Cl)CCNCC1. The van der Waals surface area contributed by atoms with Gasteiger partial charge in [-0.25, -0.2) is 4.39 Å². The van der Waals surface area contributed by atoms with Gasteiger partial charge in [-0.2, -0.15) is 0 Å². The molecule has 0 atom stereocenters. The number of halogens is 2. The molecule has 2 N–H and O–H groups in total. The highest BCUT2D eigenvalue weighted by Crippen LogP contribution is 2.35. The molecule has 1 aromatic rings. The van der Waals surface area contributed by atoms with Gasteiger partial charge in [0.1, 0.15) is 5.82 Å². The Morgan fingerprint density at radius 1 is 1.47 bits per heavy atom. The molecule has 1 fully saturated rings. The molecule has 0 unspecified atom stereocenters. The van der Waals surface area contributed by atoms with Crippen LogP contribution in [0.25, 0.3) is 0 Å². The van der Waals surface area contributed by atoms with Gasteiger partial charge in [-0.1, -0.05) is 18.5 Å². The van der Waals surface area contributed by atoms with Crippen LogP contribution < -0.4 is 10.6 Å². The van der Waals surface area contributed by atoms with E-state index in [0.717, 1.165) is 32.4 Å². The number of rotatable bonds is 3. The number of benzene rings is 1. The number of carbonyl (C=O) groups excluding carboxylic acids is 1. The molecule has 1 aliphatic rings. The Hall–Kier alpha value is -1.13. The van der Waals surface area contributed by atoms with E-state index in [0.29, 0.717) is 10.7 Å². The summed E-state index contributed by atoms with van der Waals surface area (Å²) < 4.78 is 13.2. The van der Waals surface area contributed by atoms with E-state index in [4.69, 9.17) is 11.6 Å². The van der Waals surface area contributed by atoms with Crippen molar-refractivity contribution in [2.24, 2.45) is 5.41 Å². The molecule has 0 aliphatic carbocycles. The summed E-state index contributed by atoms with van der Waals surface area (Å²) in [5.74, 6) is -0.473. The van der Waals surface area contributed by atoms with Crippen LogP contribution >= 0.6 is 11.6 Å². The van der Waals surface area contributed by atoms with Crippen molar-refractivity contribution < 1.29 is 9.18 Å². The first-order valence-electron chi connectivity index (χ1n) is 6.54. The Balaban J connectivity index is 2.17. The maximum absolute atomic E-state index is 13.2. The Labute approximate surface area is 117 Å². The first-order valence-corrected chi connectivity index (χ1v) is 6.92. The van der Waals surface area contributed by atoms with Gasteiger partial charge >= 0.3 is 0 Å². The number of carbonyl (C=O) groups is 1. The van der Waals surface area contributed by atoms with E-state index in [1.54, 1.807) is 0 Å². The monoisotopic (exact) mass is 284 g/mol. The van der Waals surface area contributed by atoms with Gasteiger partial charge in [-0.05, 0) is 50.6 Å². The molecule has 2 rings (SSSR count). The molecule has 5 heteroatoms. The van der Waals surface area contributed by atoms with Gasteiger partial charge in [-0.3, -0.25) is 4.79 Å². The second-order valence-electron chi connectivity index (χ2n) is 4.96. The number of nitrogens with one attached hydrogen (secondary N) is 2. The Morgan fingerprint density at radius 3 is 2.79 bits per heavy atom. The van der Waals surface area contributed by atoms with Crippen LogP contribution in [-0.4, -0.2) is 19.0 Å². The molecule has 1 aromatic carbocycles. The normalized spacial score (nSPS) is 18.1. The van der Waals surface area contributed by atoms with Crippen molar-refractivity contribution in [2.45, 2.75) is 26.2 Å². The van der Waals surface area contributed by atoms with Gasteiger partial charge in [0.25, 0.3) is 0 Å². The van der Waals surface area contributed by atoms with E-state index in [-0.39, 0.29) is 11.3 Å². The standard InChI is InChI=1S/C14H18ClFN2O/c1-2-14(5-7-17-8-6-14)13(19)18-12-9-10(16)3-4-11(12)15/h3-4,9,17H,2,5-8H2,1H3,(H,18,19). The van der Waals surface area contributed by atoms with Crippen LogP contribution in [-0.2, 0) is 4.79 Å². The quantitative estimate of drug-likeness (QED) is 0.895. The fraction of sp³-hybridized carbons (Fsp3) is 0.500. The third-order valence-corrected chi connectivity index (χ3v) is 4.23. The minimum Gasteiger partial charge on any atom is -0.324 e. The first kappa shape index (κ1) is 14.3. The Bertz CT molecular complexity index is 473. The van der Waals surface area contributed by atoms with Crippen LogP contribution in [0.3, 0.4) is 0 Å². The number of hydrogen-bond donors (Lipinski definition) is 2. The third kappa shape index (κ3) is 3.07. The van der Waals surface area contributed by atoms with Gasteiger partial charge < -0.3 is 10.6 Å². The molecule has 0 radical (unpaired) electrons. The van der Waals surface area contributed by atoms with Crippen LogP contribution in [0.15, 0.2) is 18.2 Å². The van der Waals surface area contributed by atoms with E-state index >= 15 is 0 Å². The number of amides is 1. The third-order valence-electron chi connectivity index (χ3n) is 3.90. The highest BCUT2D eigenvalue weighted by molar-refractivity contribution is 6.33. The Morgan fingerprint density at radius 2 is 2.16 bits per heavy atom. The molecule has 104 valence electrons. The molecule has 1 amide bonds. The second kappa shape index (κ2) is 5.88. The van der Waals surface area contributed by atoms with Crippen molar-refractivity contribution in [3.05, 3.63) is 29.0 Å². The van der Waals surface area contributed by atoms with E-state index in [9.17, 15) is 9.18 Å². The van der Waals surface area contributed by atoms with Gasteiger partial charge in [0.15, 0.2) is 0 Å². The second-order valence-corrected chi connectivity index (χ2v) is 5.37. The van der Waals surface area contributed by atoms with Gasteiger partial charge in [-0.15, -0.1) is 0 Å². The van der Waals surface area contributed by atoms with Crippen molar-refractivity contribution in [3.8, 4) is 0 Å². The first-order chi connectivity index (χ1) is 9.07. The summed E-state index contributed by atoms with van der Waals surface area (Å²) in [5, 5.41) is 6.38. The van der Waals surface area contributed by atoms with E-state index in [2.05, 4.69) is 10.6 Å². The lowest BCUT2D eigenvalue weighted by molar-refractivity contribution is -0.127. The minimum absolute atomic E-state index is 0.0657. The molecule has 0 aromatic heterocycles. The maximum Gasteiger partial charge on any atom is 0.230 e. The molecule has 0 bridgehead atoms. The fourth-order valence-electron chi connectivity index (χ4n) is 2.49. The molecule has 3 nitrogen and oxygen atoms in total. The molecule has 1 heterocycles. The Kier molecular flexibility index (Phi) is 4.42. The number of piperidine rings is 1. The van der Waals surface area contributed by atoms with Crippen LogP contribution in [0.2, 0.25) is 5.02 Å². The van der Waals surface area contributed by atoms with Crippen LogP contribution in [0.5, 0.6) is 0 Å². The molecular weight excluding hydrogens is 267 g/mol. The van der Waals surface area contributed by atoms with Crippen molar-refractivity contribution in [1.82, 2.24) is 5.32 Å². The summed E-state index contributed by atoms with van der Waals surface area (Å²) in [6.45, 7) is 3.67. The maximum atomic E-state index is 13.2. The van der Waals surface area contributed by atoms with Crippen molar-refractivity contribution in [2.75, 3.05) is 18.4 Å². The zero-order valence-electron chi connectivity index (χ0n) is 10.9. The van der Waals surface area contributed by atoms with Crippen molar-refractivity contribution in [3.63, 3.8) is 0 Å². The predicted molar refractivity (Wildman–Crippen MR) is 74.9 cm³/mol. The topological polar surface area (TPSA) is 41.1 Å². The zero-order valence-corrected chi connectivity index (χ0v) is 11.7. The molecular formula is C14H18ClFN2O. The lowest BCUT2D eigenvalue weighted by atomic mass is 9.76. The average molecular weight is 285 g/mol. The molecule has 1 aliphatic heterocycles. The summed E-state index contributed by atoms with van der Waals surface area (Å²) in [6, 6.07) is 3.98. The summed E-state index contributed by atoms with van der Waals surface area (Å²) in [4.78, 5) is 12.5. The van der Waals surface area contributed by atoms with E-state index in [1.165, 1.54) is 18.2 Å². The highest BCUT2D eigenvalue weighted by Gasteiger charge is 2.37. The van der Waals surface area contributed by atoms with Gasteiger partial charge in [0.2, 0.25) is 5.91 Å². The largest absolute Gasteiger partial charge is 0.324 e. The van der Waals surface area contributed by atoms with Crippen molar-refractivity contribution in [1.29, 1.82) is 0 Å². The van der Waals surface area contributed by atoms with Crippen LogP contribution in [0, 0.1) is 11.2 Å². The minimum atomic E-state index is -0.407. The van der Waals surface area contributed by atoms with E-state index < -0.39 is 5.82 Å². The molecule has 0 spiro atoms. The smallest absolute Gasteiger partial charge is 0.230 e. The summed E-state index contributed by atoms with van der Waals surface area (Å²) in [6.07, 6.45) is 2.36. The van der Waals surface area contributed by atoms with Gasteiger partial charge in [0, 0.05) is 0 Å². The van der Waals surface area contributed by atoms with Crippen LogP contribution in [0.4, 0.5) is 10.1 Å². The summed E-state index contributed by atoms with van der Waals surface area (Å²) in [5.41, 5.74) is -0.0287. The highest BCUT2D eigenvalue weighted by atomic mass is 35.5. The number of anilines is 1. The molecule has 0 saturated carbocycles. The lowest BCUT2D eigenvalue weighted by Gasteiger charge is -2.35. The average Bonchev–Trinajstić information content (AvgIpc) is 2.43. The van der Waals surface area contributed by atoms with E-state index in [1.807, 2.05) is 6.92 Å². The van der Waals surface area contributed by atoms with Gasteiger partial charge in [0.05, 0.1) is 16.1 Å². The van der Waals surface area contributed by atoms with Crippen molar-refractivity contribution >= 4 is 23.2 Å². The summed E-state index contributed by atoms with van der Waals surface area (Å²) >= 11 is 5.97. The zero-order chi connectivity index (χ0) is 13.9. The summed E-state index contributed by atoms with van der Waals surface area (Å²) in [7, 11) is 0. The fourth-order valence-corrected chi connectivity index (χ4v) is 2.66. The molecule has 19 heavy (non-hydrogen) atoms. The predicted octanol–water partition coefficient (Wildman–Crippen LogP) is 3.20. The lowest BCUT2D eigenvalue weighted by Crippen LogP contribution is -2.44. The number of hydrogen-bond acceptors (Lipinski definition) is 2.